The molecule has 4 nitrogen and oxygen atoms in total. The summed E-state index contributed by atoms with van der Waals surface area (Å²) in [5.41, 5.74) is 3.23. The first-order valence-electron chi connectivity index (χ1n) is 7.77. The number of nitrogens with zero attached hydrogens (tertiary/aromatic N) is 1. The van der Waals surface area contributed by atoms with Gasteiger partial charge < -0.3 is 4.84 Å². The van der Waals surface area contributed by atoms with Crippen LogP contribution in [0.25, 0.3) is 0 Å². The standard InChI is InChI=1S/C16H17F3N2O2S2/c1-21(25-13-4-2-3-11(9-13)16(17,18)19)15(22)23-20-14-10-5-7-12(24-14)8-6-10/h2-4,9,12,20H,5-8H2,1H3. The predicted molar refractivity (Wildman–Crippen MR) is 91.6 cm³/mol. The van der Waals surface area contributed by atoms with Crippen LogP contribution in [0.2, 0.25) is 0 Å². The molecule has 1 aliphatic carbocycles. The Morgan fingerprint density at radius 1 is 1.36 bits per heavy atom. The minimum atomic E-state index is -4.41. The summed E-state index contributed by atoms with van der Waals surface area (Å²) in [6, 6.07) is 4.82. The molecule has 2 bridgehead atoms. The number of carbonyl (C=O) groups is 1. The van der Waals surface area contributed by atoms with Crippen molar-refractivity contribution >= 4 is 29.8 Å². The largest absolute Gasteiger partial charge is 0.444 e. The molecule has 0 radical (unpaired) electrons. The maximum absolute atomic E-state index is 12.7. The molecule has 0 unspecified atom stereocenters. The highest BCUT2D eigenvalue weighted by molar-refractivity contribution is 8.03. The van der Waals surface area contributed by atoms with E-state index in [2.05, 4.69) is 5.48 Å². The second-order valence-corrected chi connectivity index (χ2v) is 8.35. The minimum absolute atomic E-state index is 0.308. The number of amides is 1. The van der Waals surface area contributed by atoms with E-state index in [0.29, 0.717) is 10.1 Å². The van der Waals surface area contributed by atoms with E-state index in [4.69, 9.17) is 4.84 Å². The van der Waals surface area contributed by atoms with E-state index in [0.717, 1.165) is 59.1 Å². The van der Waals surface area contributed by atoms with Crippen LogP contribution in [-0.2, 0) is 11.0 Å². The van der Waals surface area contributed by atoms with Crippen LogP contribution in [0.3, 0.4) is 0 Å². The Bertz CT molecular complexity index is 684. The molecule has 1 aromatic carbocycles. The van der Waals surface area contributed by atoms with Gasteiger partial charge in [-0.25, -0.2) is 14.6 Å². The molecule has 9 heteroatoms. The summed E-state index contributed by atoms with van der Waals surface area (Å²) in [6.07, 6.45) is -0.728. The second kappa shape index (κ2) is 7.41. The fourth-order valence-corrected chi connectivity index (χ4v) is 4.72. The molecule has 2 heterocycles. The lowest BCUT2D eigenvalue weighted by Crippen LogP contribution is -2.30. The van der Waals surface area contributed by atoms with Gasteiger partial charge in [-0.05, 0) is 61.4 Å². The van der Waals surface area contributed by atoms with Crippen LogP contribution in [0.1, 0.15) is 31.2 Å². The highest BCUT2D eigenvalue weighted by Crippen LogP contribution is 2.43. The van der Waals surface area contributed by atoms with Gasteiger partial charge in [0.05, 0.1) is 5.56 Å². The SMILES string of the molecule is CN(Sc1cccc(C(F)(F)F)c1)C(=O)ONC1=C2CCC(CC2)S1. The molecule has 1 saturated carbocycles. The van der Waals surface area contributed by atoms with Crippen LogP contribution in [-0.4, -0.2) is 22.7 Å². The molecule has 25 heavy (non-hydrogen) atoms. The molecule has 0 saturated heterocycles. The van der Waals surface area contributed by atoms with Crippen molar-refractivity contribution in [2.75, 3.05) is 7.05 Å². The Morgan fingerprint density at radius 3 is 2.68 bits per heavy atom. The number of allylic oxidation sites excluding steroid dienone is 1. The number of benzene rings is 1. The lowest BCUT2D eigenvalue weighted by Gasteiger charge is -2.32. The van der Waals surface area contributed by atoms with Crippen LogP contribution in [0.15, 0.2) is 39.8 Å². The summed E-state index contributed by atoms with van der Waals surface area (Å²) in [4.78, 5) is 17.4. The Hall–Kier alpha value is -1.48. The molecule has 0 spiro atoms. The van der Waals surface area contributed by atoms with Crippen molar-refractivity contribution in [3.63, 3.8) is 0 Å². The molecular weight excluding hydrogens is 373 g/mol. The summed E-state index contributed by atoms with van der Waals surface area (Å²) in [7, 11) is 1.45. The van der Waals surface area contributed by atoms with Crippen molar-refractivity contribution in [2.24, 2.45) is 0 Å². The average Bonchev–Trinajstić information content (AvgIpc) is 2.60. The molecule has 3 aliphatic rings. The maximum Gasteiger partial charge on any atom is 0.444 e. The third kappa shape index (κ3) is 4.58. The number of fused-ring (bicyclic) bond motifs is 3. The molecule has 4 rings (SSSR count). The molecule has 0 aromatic heterocycles. The lowest BCUT2D eigenvalue weighted by molar-refractivity contribution is -0.137. The fourth-order valence-electron chi connectivity index (χ4n) is 2.71. The number of rotatable bonds is 4. The van der Waals surface area contributed by atoms with Crippen molar-refractivity contribution in [2.45, 2.75) is 42.0 Å². The Labute approximate surface area is 152 Å². The molecular formula is C16H17F3N2O2S2. The van der Waals surface area contributed by atoms with Gasteiger partial charge in [-0.2, -0.15) is 13.2 Å². The summed E-state index contributed by atoms with van der Waals surface area (Å²) >= 11 is 2.56. The summed E-state index contributed by atoms with van der Waals surface area (Å²) < 4.78 is 39.3. The molecule has 136 valence electrons. The van der Waals surface area contributed by atoms with Crippen molar-refractivity contribution in [3.05, 3.63) is 40.4 Å². The zero-order valence-electron chi connectivity index (χ0n) is 13.4. The van der Waals surface area contributed by atoms with Crippen LogP contribution in [0.5, 0.6) is 0 Å². The summed E-state index contributed by atoms with van der Waals surface area (Å²) in [6.45, 7) is 0. The van der Waals surface area contributed by atoms with Gasteiger partial charge >= 0.3 is 12.3 Å². The van der Waals surface area contributed by atoms with Gasteiger partial charge in [-0.15, -0.1) is 11.8 Å². The van der Waals surface area contributed by atoms with Gasteiger partial charge in [0.2, 0.25) is 0 Å². The summed E-state index contributed by atoms with van der Waals surface area (Å²) in [5.74, 6) is 0. The smallest absolute Gasteiger partial charge is 0.323 e. The third-order valence-electron chi connectivity index (χ3n) is 4.03. The quantitative estimate of drug-likeness (QED) is 0.566. The highest BCUT2D eigenvalue weighted by atomic mass is 32.2. The molecule has 0 atom stereocenters. The van der Waals surface area contributed by atoms with Crippen molar-refractivity contribution in [1.29, 1.82) is 0 Å². The lowest BCUT2D eigenvalue weighted by atomic mass is 9.94. The van der Waals surface area contributed by atoms with E-state index in [1.807, 2.05) is 0 Å². The van der Waals surface area contributed by atoms with Crippen LogP contribution in [0, 0.1) is 0 Å². The normalized spacial score (nSPS) is 17.6. The maximum atomic E-state index is 12.7. The number of nitrogens with one attached hydrogen (secondary N) is 1. The van der Waals surface area contributed by atoms with Crippen LogP contribution < -0.4 is 5.48 Å². The van der Waals surface area contributed by atoms with Crippen LogP contribution in [0.4, 0.5) is 18.0 Å². The van der Waals surface area contributed by atoms with E-state index in [1.54, 1.807) is 11.8 Å². The van der Waals surface area contributed by atoms with Crippen molar-refractivity contribution in [1.82, 2.24) is 9.79 Å². The Kier molecular flexibility index (Phi) is 5.43. The fraction of sp³-hybridized carbons (Fsp3) is 0.438. The van der Waals surface area contributed by atoms with Gasteiger partial charge in [0.15, 0.2) is 0 Å². The van der Waals surface area contributed by atoms with Gasteiger partial charge in [-0.1, -0.05) is 6.07 Å². The van der Waals surface area contributed by atoms with Crippen molar-refractivity contribution < 1.29 is 22.8 Å². The monoisotopic (exact) mass is 390 g/mol. The molecule has 1 fully saturated rings. The first kappa shape index (κ1) is 18.3. The number of halogens is 3. The van der Waals surface area contributed by atoms with Crippen LogP contribution >= 0.6 is 23.7 Å². The zero-order valence-corrected chi connectivity index (χ0v) is 15.1. The van der Waals surface area contributed by atoms with Gasteiger partial charge in [-0.3, -0.25) is 0 Å². The first-order valence-corrected chi connectivity index (χ1v) is 9.42. The minimum Gasteiger partial charge on any atom is -0.323 e. The number of carbonyl (C=O) groups excluding carboxylic acids is 1. The van der Waals surface area contributed by atoms with E-state index >= 15 is 0 Å². The molecule has 1 N–H and O–H groups in total. The van der Waals surface area contributed by atoms with Crippen molar-refractivity contribution in [3.8, 4) is 0 Å². The number of thioether (sulfide) groups is 1. The number of hydroxylamine groups is 1. The third-order valence-corrected chi connectivity index (χ3v) is 6.33. The molecule has 1 amide bonds. The number of hydrogen-bond donors (Lipinski definition) is 1. The van der Waals surface area contributed by atoms with Gasteiger partial charge in [0.25, 0.3) is 0 Å². The highest BCUT2D eigenvalue weighted by Gasteiger charge is 2.31. The first-order chi connectivity index (χ1) is 11.8. The molecule has 1 aromatic rings. The van der Waals surface area contributed by atoms with Gasteiger partial charge in [0, 0.05) is 17.2 Å². The predicted octanol–water partition coefficient (Wildman–Crippen LogP) is 5.19. The second-order valence-electron chi connectivity index (χ2n) is 5.83. The molecule has 2 aliphatic heterocycles. The number of alkyl halides is 3. The Morgan fingerprint density at radius 2 is 2.08 bits per heavy atom. The van der Waals surface area contributed by atoms with E-state index in [1.165, 1.54) is 24.8 Å². The van der Waals surface area contributed by atoms with E-state index < -0.39 is 17.8 Å². The topological polar surface area (TPSA) is 41.6 Å². The zero-order chi connectivity index (χ0) is 18.0. The summed E-state index contributed by atoms with van der Waals surface area (Å²) in [5, 5.41) is 1.46. The average molecular weight is 390 g/mol. The Balaban J connectivity index is 1.55. The number of hydrogen-bond acceptors (Lipinski definition) is 5. The van der Waals surface area contributed by atoms with E-state index in [-0.39, 0.29) is 0 Å². The van der Waals surface area contributed by atoms with E-state index in [9.17, 15) is 18.0 Å². The van der Waals surface area contributed by atoms with Gasteiger partial charge in [0.1, 0.15) is 5.03 Å².